The first-order chi connectivity index (χ1) is 11.7. The second kappa shape index (κ2) is 7.47. The molecule has 5 atom stereocenters. The molecule has 0 amide bonds. The predicted octanol–water partition coefficient (Wildman–Crippen LogP) is 2.79. The number of aliphatic hydroxyl groups excluding tert-OH is 1. The maximum atomic E-state index is 11.2. The minimum Gasteiger partial charge on any atom is -0.497 e. The van der Waals surface area contributed by atoms with Gasteiger partial charge in [0.2, 0.25) is 0 Å². The molecule has 3 saturated heterocycles. The maximum Gasteiger partial charge on any atom is 0.119 e. The quantitative estimate of drug-likeness (QED) is 0.680. The third kappa shape index (κ3) is 3.22. The number of hydrogen-bond acceptors (Lipinski definition) is 4. The SMILES string of the molecule is C=C[C@@H]1CN2CCC1C[C@@H]2C(O)c1ccnc2ccc(OC)cc12.[Al]. The van der Waals surface area contributed by atoms with E-state index >= 15 is 0 Å². The fraction of sp³-hybridized carbons (Fsp3) is 0.450. The zero-order chi connectivity index (χ0) is 16.7. The second-order valence-corrected chi connectivity index (χ2v) is 6.97. The molecule has 3 unspecified atom stereocenters. The van der Waals surface area contributed by atoms with Gasteiger partial charge < -0.3 is 9.84 Å². The Kier molecular flexibility index (Phi) is 5.50. The van der Waals surface area contributed by atoms with Crippen LogP contribution in [-0.2, 0) is 0 Å². The van der Waals surface area contributed by atoms with Gasteiger partial charge in [0.15, 0.2) is 0 Å². The smallest absolute Gasteiger partial charge is 0.119 e. The molecule has 3 radical (unpaired) electrons. The number of nitrogens with zero attached hydrogens (tertiary/aromatic N) is 2. The number of hydrogen-bond donors (Lipinski definition) is 1. The normalized spacial score (nSPS) is 29.0. The number of aromatic nitrogens is 1. The summed E-state index contributed by atoms with van der Waals surface area (Å²) in [6, 6.07) is 7.96. The lowest BCUT2D eigenvalue weighted by atomic mass is 9.73. The number of rotatable bonds is 4. The van der Waals surface area contributed by atoms with Gasteiger partial charge in [-0.25, -0.2) is 0 Å². The number of ether oxygens (including phenoxy) is 1. The van der Waals surface area contributed by atoms with Crippen LogP contribution in [0.25, 0.3) is 10.9 Å². The van der Waals surface area contributed by atoms with Crippen molar-refractivity contribution < 1.29 is 9.84 Å². The van der Waals surface area contributed by atoms with E-state index in [2.05, 4.69) is 22.5 Å². The molecule has 4 nitrogen and oxygen atoms in total. The van der Waals surface area contributed by atoms with Crippen molar-refractivity contribution in [1.29, 1.82) is 0 Å². The first kappa shape index (κ1) is 18.4. The molecule has 1 N–H and O–H groups in total. The molecular formula is C20H24AlN2O2. The van der Waals surface area contributed by atoms with Crippen LogP contribution in [0, 0.1) is 11.8 Å². The van der Waals surface area contributed by atoms with Crippen molar-refractivity contribution in [3.8, 4) is 5.75 Å². The summed E-state index contributed by atoms with van der Waals surface area (Å²) < 4.78 is 5.35. The Morgan fingerprint density at radius 2 is 2.24 bits per heavy atom. The molecule has 0 aliphatic carbocycles. The summed E-state index contributed by atoms with van der Waals surface area (Å²) in [6.45, 7) is 6.07. The molecule has 3 fully saturated rings. The lowest BCUT2D eigenvalue weighted by Gasteiger charge is -2.50. The Balaban J connectivity index is 0.00000182. The van der Waals surface area contributed by atoms with Crippen LogP contribution in [-0.4, -0.2) is 58.6 Å². The molecule has 0 saturated carbocycles. The van der Waals surface area contributed by atoms with Gasteiger partial charge in [-0.05, 0) is 61.1 Å². The number of methoxy groups -OCH3 is 1. The lowest BCUT2D eigenvalue weighted by Crippen LogP contribution is -2.54. The highest BCUT2D eigenvalue weighted by molar-refractivity contribution is 5.83. The first-order valence-electron chi connectivity index (χ1n) is 8.68. The van der Waals surface area contributed by atoms with Gasteiger partial charge in [-0.2, -0.15) is 0 Å². The van der Waals surface area contributed by atoms with Crippen LogP contribution in [0.5, 0.6) is 5.75 Å². The monoisotopic (exact) mass is 351 g/mol. The summed E-state index contributed by atoms with van der Waals surface area (Å²) in [7, 11) is 1.66. The van der Waals surface area contributed by atoms with Crippen LogP contribution in [0.4, 0.5) is 0 Å². The number of pyridine rings is 1. The Morgan fingerprint density at radius 3 is 2.92 bits per heavy atom. The molecule has 5 rings (SSSR count). The Morgan fingerprint density at radius 1 is 1.40 bits per heavy atom. The van der Waals surface area contributed by atoms with Gasteiger partial charge in [0.05, 0.1) is 18.7 Å². The molecule has 1 aromatic carbocycles. The van der Waals surface area contributed by atoms with Crippen LogP contribution >= 0.6 is 0 Å². The van der Waals surface area contributed by atoms with Crippen molar-refractivity contribution in [1.82, 2.24) is 9.88 Å². The van der Waals surface area contributed by atoms with E-state index in [4.69, 9.17) is 4.74 Å². The molecule has 3 aliphatic rings. The Labute approximate surface area is 159 Å². The van der Waals surface area contributed by atoms with Crippen molar-refractivity contribution in [3.05, 3.63) is 48.7 Å². The maximum absolute atomic E-state index is 11.2. The topological polar surface area (TPSA) is 45.6 Å². The van der Waals surface area contributed by atoms with Crippen molar-refractivity contribution in [2.75, 3.05) is 20.2 Å². The fourth-order valence-electron chi connectivity index (χ4n) is 4.44. The van der Waals surface area contributed by atoms with Crippen molar-refractivity contribution in [2.45, 2.75) is 25.0 Å². The molecule has 4 heterocycles. The second-order valence-electron chi connectivity index (χ2n) is 6.97. The number of benzene rings is 1. The van der Waals surface area contributed by atoms with Crippen molar-refractivity contribution in [3.63, 3.8) is 0 Å². The zero-order valence-electron chi connectivity index (χ0n) is 14.6. The standard InChI is InChI=1S/C20H24N2O2.Al/c1-3-13-12-22-9-7-14(13)10-19(22)20(23)16-6-8-21-18-5-4-15(24-2)11-17(16)18;/h3-6,8,11,13-14,19-20,23H,1,7,9-10,12H2,2H3;/t13-,14?,19-,20?;/m1./s1. The number of aliphatic hydroxyl groups is 1. The molecule has 3 aliphatic heterocycles. The van der Waals surface area contributed by atoms with Gasteiger partial charge in [0, 0.05) is 41.5 Å². The van der Waals surface area contributed by atoms with Gasteiger partial charge in [-0.15, -0.1) is 6.58 Å². The average molecular weight is 351 g/mol. The minimum atomic E-state index is -0.504. The van der Waals surface area contributed by atoms with Gasteiger partial charge in [-0.1, -0.05) is 6.08 Å². The fourth-order valence-corrected chi connectivity index (χ4v) is 4.44. The van der Waals surface area contributed by atoms with Crippen molar-refractivity contribution >= 4 is 28.3 Å². The third-order valence-corrected chi connectivity index (χ3v) is 5.82. The van der Waals surface area contributed by atoms with E-state index in [0.29, 0.717) is 11.8 Å². The van der Waals surface area contributed by atoms with Crippen LogP contribution in [0.1, 0.15) is 24.5 Å². The summed E-state index contributed by atoms with van der Waals surface area (Å²) in [5.41, 5.74) is 1.85. The summed E-state index contributed by atoms with van der Waals surface area (Å²) >= 11 is 0. The zero-order valence-corrected chi connectivity index (χ0v) is 15.8. The number of fused-ring (bicyclic) bond motifs is 4. The highest BCUT2D eigenvalue weighted by Gasteiger charge is 2.42. The average Bonchev–Trinajstić information content (AvgIpc) is 2.66. The first-order valence-corrected chi connectivity index (χ1v) is 8.68. The summed E-state index contributed by atoms with van der Waals surface area (Å²) in [5, 5.41) is 12.1. The molecule has 0 spiro atoms. The molecule has 25 heavy (non-hydrogen) atoms. The minimum absolute atomic E-state index is 0. The summed E-state index contributed by atoms with van der Waals surface area (Å²) in [6.07, 6.45) is 5.62. The van der Waals surface area contributed by atoms with E-state index in [9.17, 15) is 5.11 Å². The van der Waals surface area contributed by atoms with Gasteiger partial charge in [0.1, 0.15) is 5.75 Å². The third-order valence-electron chi connectivity index (χ3n) is 5.82. The number of piperidine rings is 3. The summed E-state index contributed by atoms with van der Waals surface area (Å²) in [4.78, 5) is 6.86. The highest BCUT2D eigenvalue weighted by atomic mass is 27.0. The van der Waals surface area contributed by atoms with Gasteiger partial charge in [-0.3, -0.25) is 9.88 Å². The van der Waals surface area contributed by atoms with Crippen LogP contribution in [0.2, 0.25) is 0 Å². The van der Waals surface area contributed by atoms with E-state index in [-0.39, 0.29) is 23.4 Å². The largest absolute Gasteiger partial charge is 0.497 e. The van der Waals surface area contributed by atoms with E-state index in [0.717, 1.165) is 41.7 Å². The molecule has 5 heteroatoms. The van der Waals surface area contributed by atoms with E-state index in [1.165, 1.54) is 6.42 Å². The van der Waals surface area contributed by atoms with Gasteiger partial charge >= 0.3 is 0 Å². The highest BCUT2D eigenvalue weighted by Crippen LogP contribution is 2.42. The molecule has 1 aromatic heterocycles. The molecule has 129 valence electrons. The summed E-state index contributed by atoms with van der Waals surface area (Å²) in [5.74, 6) is 2.01. The Bertz CT molecular complexity index is 766. The van der Waals surface area contributed by atoms with Gasteiger partial charge in [0.25, 0.3) is 0 Å². The van der Waals surface area contributed by atoms with Crippen LogP contribution < -0.4 is 4.74 Å². The molecular weight excluding hydrogens is 327 g/mol. The van der Waals surface area contributed by atoms with E-state index in [1.54, 1.807) is 13.3 Å². The molecule has 2 aromatic rings. The van der Waals surface area contributed by atoms with Crippen LogP contribution in [0.3, 0.4) is 0 Å². The molecule has 2 bridgehead atoms. The van der Waals surface area contributed by atoms with Crippen LogP contribution in [0.15, 0.2) is 43.1 Å². The van der Waals surface area contributed by atoms with E-state index < -0.39 is 6.10 Å². The predicted molar refractivity (Wildman–Crippen MR) is 101 cm³/mol. The van der Waals surface area contributed by atoms with Crippen molar-refractivity contribution in [2.24, 2.45) is 11.8 Å². The Hall–Kier alpha value is -1.38. The lowest BCUT2D eigenvalue weighted by molar-refractivity contribution is -0.0444. The van der Waals surface area contributed by atoms with E-state index in [1.807, 2.05) is 24.3 Å².